The Hall–Kier alpha value is 0.0900. The lowest BCUT2D eigenvalue weighted by Crippen LogP contribution is -2.38. The van der Waals surface area contributed by atoms with Gasteiger partial charge in [-0.2, -0.15) is 11.8 Å². The van der Waals surface area contributed by atoms with Gasteiger partial charge in [-0.05, 0) is 38.4 Å². The van der Waals surface area contributed by atoms with Crippen LogP contribution in [0.2, 0.25) is 0 Å². The first-order valence-corrected chi connectivity index (χ1v) is 7.87. The highest BCUT2D eigenvalue weighted by molar-refractivity contribution is 14.0. The molecule has 2 N–H and O–H groups in total. The molecular weight excluding hydrogens is 357 g/mol. The summed E-state index contributed by atoms with van der Waals surface area (Å²) in [5.41, 5.74) is 1.61. The molecule has 0 bridgehead atoms. The Kier molecular flexibility index (Phi) is 12.2. The van der Waals surface area contributed by atoms with Crippen LogP contribution in [0, 0.1) is 0 Å². The minimum absolute atomic E-state index is 0. The second kappa shape index (κ2) is 12.1. The second-order valence-electron chi connectivity index (χ2n) is 4.28. The Morgan fingerprint density at radius 2 is 2.11 bits per heavy atom. The first kappa shape index (κ1) is 18.1. The summed E-state index contributed by atoms with van der Waals surface area (Å²) in [6.45, 7) is 1.97. The molecule has 106 valence electrons. The lowest BCUT2D eigenvalue weighted by molar-refractivity contribution is 0.666. The van der Waals surface area contributed by atoms with Crippen LogP contribution in [0.3, 0.4) is 0 Å². The van der Waals surface area contributed by atoms with Gasteiger partial charge in [0.05, 0.1) is 0 Å². The number of rotatable bonds is 6. The maximum absolute atomic E-state index is 4.21. The molecule has 0 fully saturated rings. The molecule has 0 aromatic carbocycles. The number of halogens is 1. The van der Waals surface area contributed by atoms with Crippen molar-refractivity contribution in [2.75, 3.05) is 32.1 Å². The van der Waals surface area contributed by atoms with Crippen LogP contribution in [0.15, 0.2) is 16.6 Å². The number of nitrogens with zero attached hydrogens (tertiary/aromatic N) is 1. The molecule has 1 rings (SSSR count). The van der Waals surface area contributed by atoms with Crippen LogP contribution in [0.1, 0.15) is 32.1 Å². The zero-order chi connectivity index (χ0) is 12.3. The van der Waals surface area contributed by atoms with Gasteiger partial charge in [0.1, 0.15) is 0 Å². The average Bonchev–Trinajstić information content (AvgIpc) is 2.38. The highest BCUT2D eigenvalue weighted by Crippen LogP contribution is 2.19. The predicted molar refractivity (Wildman–Crippen MR) is 94.3 cm³/mol. The van der Waals surface area contributed by atoms with Gasteiger partial charge in [-0.15, -0.1) is 24.0 Å². The maximum atomic E-state index is 4.21. The van der Waals surface area contributed by atoms with Gasteiger partial charge in [0.25, 0.3) is 0 Å². The highest BCUT2D eigenvalue weighted by Gasteiger charge is 2.03. The summed E-state index contributed by atoms with van der Waals surface area (Å²) in [5, 5.41) is 6.67. The summed E-state index contributed by atoms with van der Waals surface area (Å²) in [4.78, 5) is 4.21. The SMILES string of the molecule is CN=C(NCCSC)NCCC1=CCCCC1.I. The van der Waals surface area contributed by atoms with Crippen molar-refractivity contribution in [3.05, 3.63) is 11.6 Å². The van der Waals surface area contributed by atoms with Crippen LogP contribution in [0.25, 0.3) is 0 Å². The molecule has 0 heterocycles. The van der Waals surface area contributed by atoms with Gasteiger partial charge in [-0.25, -0.2) is 0 Å². The molecule has 0 saturated carbocycles. The average molecular weight is 383 g/mol. The Bertz CT molecular complexity index is 267. The van der Waals surface area contributed by atoms with E-state index in [0.29, 0.717) is 0 Å². The Labute approximate surface area is 133 Å². The quantitative estimate of drug-likeness (QED) is 0.243. The number of hydrogen-bond donors (Lipinski definition) is 2. The molecule has 0 saturated heterocycles. The summed E-state index contributed by atoms with van der Waals surface area (Å²) in [7, 11) is 1.83. The molecule has 18 heavy (non-hydrogen) atoms. The number of hydrogen-bond acceptors (Lipinski definition) is 2. The molecule has 1 aliphatic carbocycles. The molecule has 5 heteroatoms. The summed E-state index contributed by atoms with van der Waals surface area (Å²) >= 11 is 1.85. The van der Waals surface area contributed by atoms with Crippen LogP contribution < -0.4 is 10.6 Å². The van der Waals surface area contributed by atoms with E-state index in [1.807, 2.05) is 18.8 Å². The minimum Gasteiger partial charge on any atom is -0.356 e. The van der Waals surface area contributed by atoms with Crippen LogP contribution in [0.4, 0.5) is 0 Å². The van der Waals surface area contributed by atoms with Gasteiger partial charge in [0.15, 0.2) is 5.96 Å². The van der Waals surface area contributed by atoms with Gasteiger partial charge in [0, 0.05) is 25.9 Å². The first-order valence-electron chi connectivity index (χ1n) is 6.48. The highest BCUT2D eigenvalue weighted by atomic mass is 127. The molecule has 0 atom stereocenters. The third-order valence-corrected chi connectivity index (χ3v) is 3.56. The Morgan fingerprint density at radius 3 is 2.72 bits per heavy atom. The van der Waals surface area contributed by atoms with Gasteiger partial charge < -0.3 is 10.6 Å². The largest absolute Gasteiger partial charge is 0.356 e. The van der Waals surface area contributed by atoms with Crippen LogP contribution in [-0.2, 0) is 0 Å². The van der Waals surface area contributed by atoms with Gasteiger partial charge in [-0.3, -0.25) is 4.99 Å². The molecule has 0 radical (unpaired) electrons. The van der Waals surface area contributed by atoms with Crippen molar-refractivity contribution in [3.63, 3.8) is 0 Å². The number of nitrogens with one attached hydrogen (secondary N) is 2. The van der Waals surface area contributed by atoms with E-state index >= 15 is 0 Å². The summed E-state index contributed by atoms with van der Waals surface area (Å²) in [6, 6.07) is 0. The second-order valence-corrected chi connectivity index (χ2v) is 5.26. The Morgan fingerprint density at radius 1 is 1.33 bits per heavy atom. The first-order chi connectivity index (χ1) is 8.36. The molecule has 0 spiro atoms. The topological polar surface area (TPSA) is 36.4 Å². The number of allylic oxidation sites excluding steroid dienone is 1. The van der Waals surface area contributed by atoms with E-state index in [-0.39, 0.29) is 24.0 Å². The van der Waals surface area contributed by atoms with E-state index in [1.54, 1.807) is 5.57 Å². The molecule has 0 aliphatic heterocycles. The molecule has 3 nitrogen and oxygen atoms in total. The van der Waals surface area contributed by atoms with Gasteiger partial charge in [0.2, 0.25) is 0 Å². The van der Waals surface area contributed by atoms with Crippen molar-refractivity contribution in [1.29, 1.82) is 0 Å². The summed E-state index contributed by atoms with van der Waals surface area (Å²) in [6.07, 6.45) is 11.0. The van der Waals surface area contributed by atoms with Crippen molar-refractivity contribution in [2.45, 2.75) is 32.1 Å². The van der Waals surface area contributed by atoms with E-state index in [2.05, 4.69) is 28.0 Å². The molecule has 0 aromatic heterocycles. The minimum atomic E-state index is 0. The van der Waals surface area contributed by atoms with Crippen molar-refractivity contribution in [3.8, 4) is 0 Å². The Balaban J connectivity index is 0.00000289. The lowest BCUT2D eigenvalue weighted by atomic mass is 9.97. The van der Waals surface area contributed by atoms with Gasteiger partial charge >= 0.3 is 0 Å². The zero-order valence-corrected chi connectivity index (χ0v) is 14.6. The van der Waals surface area contributed by atoms with Gasteiger partial charge in [-0.1, -0.05) is 11.6 Å². The maximum Gasteiger partial charge on any atom is 0.191 e. The van der Waals surface area contributed by atoms with Crippen molar-refractivity contribution in [1.82, 2.24) is 10.6 Å². The molecular formula is C13H26IN3S. The van der Waals surface area contributed by atoms with E-state index in [9.17, 15) is 0 Å². The van der Waals surface area contributed by atoms with E-state index in [4.69, 9.17) is 0 Å². The van der Waals surface area contributed by atoms with E-state index < -0.39 is 0 Å². The smallest absolute Gasteiger partial charge is 0.191 e. The standard InChI is InChI=1S/C13H25N3S.HI/c1-14-13(16-10-11-17-2)15-9-8-12-6-4-3-5-7-12;/h6H,3-5,7-11H2,1-2H3,(H2,14,15,16);1H. The fraction of sp³-hybridized carbons (Fsp3) is 0.769. The zero-order valence-electron chi connectivity index (χ0n) is 11.5. The predicted octanol–water partition coefficient (Wildman–Crippen LogP) is 3.02. The number of aliphatic imine (C=N–C) groups is 1. The van der Waals surface area contributed by atoms with Crippen LogP contribution in [-0.4, -0.2) is 38.1 Å². The third kappa shape index (κ3) is 8.24. The van der Waals surface area contributed by atoms with Crippen molar-refractivity contribution < 1.29 is 0 Å². The van der Waals surface area contributed by atoms with Crippen molar-refractivity contribution >= 4 is 41.7 Å². The van der Waals surface area contributed by atoms with E-state index in [1.165, 1.54) is 25.7 Å². The fourth-order valence-electron chi connectivity index (χ4n) is 1.97. The van der Waals surface area contributed by atoms with Crippen LogP contribution >= 0.6 is 35.7 Å². The van der Waals surface area contributed by atoms with E-state index in [0.717, 1.165) is 31.2 Å². The third-order valence-electron chi connectivity index (χ3n) is 2.95. The molecule has 0 aromatic rings. The lowest BCUT2D eigenvalue weighted by Gasteiger charge is -2.15. The number of thioether (sulfide) groups is 1. The fourth-order valence-corrected chi connectivity index (χ4v) is 2.27. The number of guanidine groups is 1. The molecule has 0 unspecified atom stereocenters. The van der Waals surface area contributed by atoms with Crippen molar-refractivity contribution in [2.24, 2.45) is 4.99 Å². The summed E-state index contributed by atoms with van der Waals surface area (Å²) in [5.74, 6) is 2.04. The normalized spacial score (nSPS) is 15.7. The molecule has 1 aliphatic rings. The summed E-state index contributed by atoms with van der Waals surface area (Å²) < 4.78 is 0. The van der Waals surface area contributed by atoms with Crippen LogP contribution in [0.5, 0.6) is 0 Å². The molecule has 0 amide bonds. The monoisotopic (exact) mass is 383 g/mol.